The van der Waals surface area contributed by atoms with Crippen LogP contribution in [0.1, 0.15) is 26.3 Å². The van der Waals surface area contributed by atoms with Gasteiger partial charge in [0.15, 0.2) is 0 Å². The van der Waals surface area contributed by atoms with Crippen molar-refractivity contribution in [3.05, 3.63) is 47.8 Å². The summed E-state index contributed by atoms with van der Waals surface area (Å²) in [6.07, 6.45) is 0. The third kappa shape index (κ3) is 1.86. The molecule has 0 atom stereocenters. The minimum Gasteiger partial charge on any atom is -0.207 e. The van der Waals surface area contributed by atoms with Crippen molar-refractivity contribution in [2.75, 3.05) is 0 Å². The lowest BCUT2D eigenvalue weighted by Gasteiger charge is -2.22. The standard InChI is InChI=1S/C18H21FSi/c1-18(2,3)12-6-9-16-15(10-12)14-8-7-13(19)11-17(14)20(16,4)5/h6-11H,1-5H3. The molecule has 1 aliphatic heterocycles. The molecule has 0 nitrogen and oxygen atoms in total. The van der Waals surface area contributed by atoms with Crippen molar-refractivity contribution in [1.29, 1.82) is 0 Å². The molecule has 0 spiro atoms. The summed E-state index contributed by atoms with van der Waals surface area (Å²) in [5.74, 6) is -0.117. The van der Waals surface area contributed by atoms with Gasteiger partial charge >= 0.3 is 0 Å². The van der Waals surface area contributed by atoms with Crippen LogP contribution >= 0.6 is 0 Å². The Morgan fingerprint density at radius 3 is 2.20 bits per heavy atom. The summed E-state index contributed by atoms with van der Waals surface area (Å²) < 4.78 is 13.6. The molecule has 2 aromatic carbocycles. The van der Waals surface area contributed by atoms with Crippen molar-refractivity contribution in [2.45, 2.75) is 39.3 Å². The van der Waals surface area contributed by atoms with E-state index in [0.29, 0.717) is 0 Å². The maximum absolute atomic E-state index is 13.6. The summed E-state index contributed by atoms with van der Waals surface area (Å²) in [5.41, 5.74) is 4.05. The first-order valence-electron chi connectivity index (χ1n) is 7.17. The Hall–Kier alpha value is -1.41. The van der Waals surface area contributed by atoms with Crippen LogP contribution in [0.15, 0.2) is 36.4 Å². The van der Waals surface area contributed by atoms with E-state index in [1.807, 2.05) is 6.07 Å². The van der Waals surface area contributed by atoms with Crippen LogP contribution in [0.2, 0.25) is 13.1 Å². The minimum atomic E-state index is -1.73. The Kier molecular flexibility index (Phi) is 2.74. The fraction of sp³-hybridized carbons (Fsp3) is 0.333. The highest BCUT2D eigenvalue weighted by molar-refractivity contribution is 7.03. The second-order valence-corrected chi connectivity index (χ2v) is 11.7. The van der Waals surface area contributed by atoms with E-state index in [2.05, 4.69) is 52.1 Å². The molecule has 2 heteroatoms. The quantitative estimate of drug-likeness (QED) is 0.643. The van der Waals surface area contributed by atoms with Gasteiger partial charge in [-0.15, -0.1) is 0 Å². The van der Waals surface area contributed by atoms with Crippen molar-refractivity contribution in [3.63, 3.8) is 0 Å². The maximum atomic E-state index is 13.6. The van der Waals surface area contributed by atoms with E-state index in [0.717, 1.165) is 0 Å². The Bertz CT molecular complexity index is 693. The second kappa shape index (κ2) is 4.04. The van der Waals surface area contributed by atoms with E-state index in [1.165, 1.54) is 27.1 Å². The molecule has 0 radical (unpaired) electrons. The molecular formula is C18H21FSi. The predicted octanol–water partition coefficient (Wildman–Crippen LogP) is 3.93. The van der Waals surface area contributed by atoms with Crippen LogP contribution in [0.3, 0.4) is 0 Å². The number of hydrogen-bond acceptors (Lipinski definition) is 0. The van der Waals surface area contributed by atoms with Crippen molar-refractivity contribution >= 4 is 18.4 Å². The molecule has 0 amide bonds. The number of hydrogen-bond donors (Lipinski definition) is 0. The van der Waals surface area contributed by atoms with Crippen molar-refractivity contribution in [3.8, 4) is 11.1 Å². The van der Waals surface area contributed by atoms with E-state index in [-0.39, 0.29) is 11.2 Å². The lowest BCUT2D eigenvalue weighted by molar-refractivity contribution is 0.590. The van der Waals surface area contributed by atoms with E-state index in [4.69, 9.17) is 0 Å². The largest absolute Gasteiger partial charge is 0.207 e. The molecule has 3 rings (SSSR count). The first-order valence-corrected chi connectivity index (χ1v) is 10.2. The van der Waals surface area contributed by atoms with E-state index in [1.54, 1.807) is 12.1 Å². The normalized spacial score (nSPS) is 15.9. The van der Waals surface area contributed by atoms with E-state index >= 15 is 0 Å². The second-order valence-electron chi connectivity index (χ2n) is 7.33. The third-order valence-electron chi connectivity index (χ3n) is 4.50. The van der Waals surface area contributed by atoms with Gasteiger partial charge in [0.1, 0.15) is 13.9 Å². The van der Waals surface area contributed by atoms with Gasteiger partial charge in [-0.25, -0.2) is 4.39 Å². The van der Waals surface area contributed by atoms with Gasteiger partial charge in [-0.2, -0.15) is 0 Å². The topological polar surface area (TPSA) is 0 Å². The van der Waals surface area contributed by atoms with Crippen LogP contribution in [0.5, 0.6) is 0 Å². The Morgan fingerprint density at radius 1 is 0.850 bits per heavy atom. The van der Waals surface area contributed by atoms with Crippen LogP contribution in [0.4, 0.5) is 4.39 Å². The molecule has 0 bridgehead atoms. The van der Waals surface area contributed by atoms with E-state index < -0.39 is 8.07 Å². The Balaban J connectivity index is 2.29. The minimum absolute atomic E-state index is 0.117. The van der Waals surface area contributed by atoms with Crippen LogP contribution in [-0.4, -0.2) is 8.07 Å². The van der Waals surface area contributed by atoms with Gasteiger partial charge in [0, 0.05) is 0 Å². The smallest absolute Gasteiger partial charge is 0.123 e. The highest BCUT2D eigenvalue weighted by Crippen LogP contribution is 2.32. The first-order chi connectivity index (χ1) is 9.21. The highest BCUT2D eigenvalue weighted by atomic mass is 28.3. The zero-order valence-electron chi connectivity index (χ0n) is 12.8. The molecule has 2 aromatic rings. The number of benzene rings is 2. The molecule has 0 unspecified atom stereocenters. The SMILES string of the molecule is CC(C)(C)c1ccc2c(c1)-c1ccc(F)cc1[Si]2(C)C. The van der Waals surface area contributed by atoms with E-state index in [9.17, 15) is 4.39 Å². The predicted molar refractivity (Wildman–Crippen MR) is 87.3 cm³/mol. The summed E-state index contributed by atoms with van der Waals surface area (Å²) in [7, 11) is -1.73. The zero-order chi connectivity index (χ0) is 14.7. The van der Waals surface area contributed by atoms with Gasteiger partial charge in [-0.1, -0.05) is 58.1 Å². The van der Waals surface area contributed by atoms with Gasteiger partial charge in [-0.05, 0) is 44.6 Å². The number of halogens is 1. The lowest BCUT2D eigenvalue weighted by Crippen LogP contribution is -2.49. The maximum Gasteiger partial charge on any atom is 0.123 e. The van der Waals surface area contributed by atoms with Crippen molar-refractivity contribution < 1.29 is 4.39 Å². The Labute approximate surface area is 121 Å². The van der Waals surface area contributed by atoms with Crippen LogP contribution in [0.25, 0.3) is 11.1 Å². The Morgan fingerprint density at radius 2 is 1.55 bits per heavy atom. The van der Waals surface area contributed by atoms with Crippen molar-refractivity contribution in [2.24, 2.45) is 0 Å². The van der Waals surface area contributed by atoms with Gasteiger partial charge < -0.3 is 0 Å². The summed E-state index contributed by atoms with van der Waals surface area (Å²) in [4.78, 5) is 0. The lowest BCUT2D eigenvalue weighted by atomic mass is 9.85. The molecule has 0 saturated heterocycles. The molecule has 1 aliphatic rings. The molecular weight excluding hydrogens is 263 g/mol. The monoisotopic (exact) mass is 284 g/mol. The van der Waals surface area contributed by atoms with Gasteiger partial charge in [0.25, 0.3) is 0 Å². The zero-order valence-corrected chi connectivity index (χ0v) is 13.8. The van der Waals surface area contributed by atoms with Crippen LogP contribution < -0.4 is 10.4 Å². The van der Waals surface area contributed by atoms with Crippen LogP contribution in [0, 0.1) is 5.82 Å². The summed E-state index contributed by atoms with van der Waals surface area (Å²) in [5, 5.41) is 2.67. The molecule has 0 aliphatic carbocycles. The molecule has 20 heavy (non-hydrogen) atoms. The fourth-order valence-corrected chi connectivity index (χ4v) is 6.25. The number of fused-ring (bicyclic) bond motifs is 3. The van der Waals surface area contributed by atoms with Gasteiger partial charge in [0.05, 0.1) is 0 Å². The molecule has 104 valence electrons. The van der Waals surface area contributed by atoms with Crippen molar-refractivity contribution in [1.82, 2.24) is 0 Å². The third-order valence-corrected chi connectivity index (χ3v) is 8.05. The van der Waals surface area contributed by atoms with Gasteiger partial charge in [-0.3, -0.25) is 0 Å². The first kappa shape index (κ1) is 13.6. The molecule has 0 fully saturated rings. The average Bonchev–Trinajstić information content (AvgIpc) is 2.57. The van der Waals surface area contributed by atoms with Gasteiger partial charge in [0.2, 0.25) is 0 Å². The summed E-state index contributed by atoms with van der Waals surface area (Å²) in [6.45, 7) is 11.3. The number of rotatable bonds is 0. The van der Waals surface area contributed by atoms with Crippen LogP contribution in [-0.2, 0) is 5.41 Å². The average molecular weight is 284 g/mol. The molecule has 1 heterocycles. The molecule has 0 aromatic heterocycles. The highest BCUT2D eigenvalue weighted by Gasteiger charge is 2.38. The molecule has 0 saturated carbocycles. The molecule has 0 N–H and O–H groups in total. The summed E-state index contributed by atoms with van der Waals surface area (Å²) >= 11 is 0. The summed E-state index contributed by atoms with van der Waals surface area (Å²) in [6, 6.07) is 12.1. The fourth-order valence-electron chi connectivity index (χ4n) is 3.19.